The number of rotatable bonds is 12. The highest BCUT2D eigenvalue weighted by atomic mass is 32.2. The zero-order valence-corrected chi connectivity index (χ0v) is 17.5. The van der Waals surface area contributed by atoms with Gasteiger partial charge in [-0.15, -0.1) is 0 Å². The number of allylic oxidation sites excluding steroid dienone is 7. The Bertz CT molecular complexity index is 526. The quantitative estimate of drug-likeness (QED) is 0.171. The number of hydrogen-bond acceptors (Lipinski definition) is 4. The van der Waals surface area contributed by atoms with Crippen molar-refractivity contribution < 1.29 is 13.7 Å². The summed E-state index contributed by atoms with van der Waals surface area (Å²) in [5, 5.41) is 0. The molecule has 1 atom stereocenters. The van der Waals surface area contributed by atoms with Crippen LogP contribution in [0.3, 0.4) is 0 Å². The maximum absolute atomic E-state index is 6.05. The predicted octanol–water partition coefficient (Wildman–Crippen LogP) is 6.37. The van der Waals surface area contributed by atoms with Gasteiger partial charge in [-0.3, -0.25) is 0 Å². The molecule has 1 heterocycles. The first-order valence-corrected chi connectivity index (χ1v) is 10.2. The van der Waals surface area contributed by atoms with Gasteiger partial charge in [0.1, 0.15) is 0 Å². The zero-order valence-electron chi connectivity index (χ0n) is 16.7. The monoisotopic (exact) mass is 378 g/mol. The van der Waals surface area contributed by atoms with Gasteiger partial charge in [0.15, 0.2) is 5.79 Å². The summed E-state index contributed by atoms with van der Waals surface area (Å²) in [7, 11) is 0. The Morgan fingerprint density at radius 3 is 2.54 bits per heavy atom. The normalized spacial score (nSPS) is 19.2. The first-order chi connectivity index (χ1) is 12.6. The second-order valence-corrected chi connectivity index (χ2v) is 7.17. The van der Waals surface area contributed by atoms with Gasteiger partial charge in [0.2, 0.25) is 0 Å². The average Bonchev–Trinajstić information content (AvgIpc) is 3.09. The van der Waals surface area contributed by atoms with E-state index < -0.39 is 5.79 Å². The van der Waals surface area contributed by atoms with E-state index in [9.17, 15) is 0 Å². The molecular weight excluding hydrogens is 344 g/mol. The molecule has 146 valence electrons. The fraction of sp³-hybridized carbons (Fsp3) is 0.545. The summed E-state index contributed by atoms with van der Waals surface area (Å²) in [5.74, 6) is -0.400. The van der Waals surface area contributed by atoms with Crippen LogP contribution in [-0.4, -0.2) is 25.6 Å². The Kier molecular flexibility index (Phi) is 11.6. The van der Waals surface area contributed by atoms with Gasteiger partial charge < -0.3 is 13.7 Å². The molecule has 4 heteroatoms. The summed E-state index contributed by atoms with van der Waals surface area (Å²) in [6.07, 6.45) is 17.3. The SMILES string of the molecule is C=C(C)/C=C\C(=C/CC)SOCCC1(C(/C=C\C)C/C=C\C)OCCO1. The molecule has 0 amide bonds. The molecular formula is C22H34O3S. The standard InChI is InChI=1S/C22H34O3S/c1-6-9-12-20(10-7-2)22(23-17-18-24-22)15-16-25-26-21(11-8-3)14-13-19(4)5/h6-7,9-11,13-14,20H,4,8,12,15-18H2,1-3,5H3/b9-6-,10-7-,14-13-,21-11+. The highest BCUT2D eigenvalue weighted by Crippen LogP contribution is 2.36. The lowest BCUT2D eigenvalue weighted by Crippen LogP contribution is -2.39. The van der Waals surface area contributed by atoms with Crippen LogP contribution in [0.4, 0.5) is 0 Å². The molecule has 0 aromatic carbocycles. The van der Waals surface area contributed by atoms with Crippen LogP contribution < -0.4 is 0 Å². The summed E-state index contributed by atoms with van der Waals surface area (Å²) in [6, 6.07) is 0. The van der Waals surface area contributed by atoms with Crippen molar-refractivity contribution in [2.45, 2.75) is 52.7 Å². The van der Waals surface area contributed by atoms with E-state index in [2.05, 4.69) is 43.9 Å². The zero-order chi connectivity index (χ0) is 19.3. The molecule has 1 rings (SSSR count). The second-order valence-electron chi connectivity index (χ2n) is 6.30. The van der Waals surface area contributed by atoms with Crippen LogP contribution in [0, 0.1) is 5.92 Å². The maximum atomic E-state index is 6.05. The molecule has 0 aromatic rings. The van der Waals surface area contributed by atoms with Crippen molar-refractivity contribution >= 4 is 12.0 Å². The number of hydrogen-bond donors (Lipinski definition) is 0. The van der Waals surface area contributed by atoms with Crippen LogP contribution >= 0.6 is 12.0 Å². The van der Waals surface area contributed by atoms with E-state index in [1.54, 1.807) is 0 Å². The van der Waals surface area contributed by atoms with Gasteiger partial charge in [-0.25, -0.2) is 0 Å². The molecule has 0 bridgehead atoms. The third kappa shape index (κ3) is 8.09. The molecule has 1 fully saturated rings. The van der Waals surface area contributed by atoms with E-state index in [4.69, 9.17) is 13.7 Å². The fourth-order valence-corrected chi connectivity index (χ4v) is 3.44. The van der Waals surface area contributed by atoms with Crippen molar-refractivity contribution in [2.24, 2.45) is 5.92 Å². The third-order valence-electron chi connectivity index (χ3n) is 4.02. The van der Waals surface area contributed by atoms with Crippen molar-refractivity contribution in [3.8, 4) is 0 Å². The van der Waals surface area contributed by atoms with Crippen molar-refractivity contribution in [1.29, 1.82) is 0 Å². The van der Waals surface area contributed by atoms with E-state index in [0.29, 0.717) is 26.2 Å². The van der Waals surface area contributed by atoms with Gasteiger partial charge in [0, 0.05) is 29.3 Å². The molecule has 3 nitrogen and oxygen atoms in total. The van der Waals surface area contributed by atoms with Crippen LogP contribution in [0.15, 0.2) is 59.6 Å². The minimum Gasteiger partial charge on any atom is -0.347 e. The summed E-state index contributed by atoms with van der Waals surface area (Å²) in [4.78, 5) is 1.09. The fourth-order valence-electron chi connectivity index (χ4n) is 2.78. The lowest BCUT2D eigenvalue weighted by atomic mass is 9.91. The Morgan fingerprint density at radius 2 is 1.96 bits per heavy atom. The van der Waals surface area contributed by atoms with Gasteiger partial charge in [0.05, 0.1) is 19.8 Å². The lowest BCUT2D eigenvalue weighted by molar-refractivity contribution is -0.191. The minimum atomic E-state index is -0.589. The summed E-state index contributed by atoms with van der Waals surface area (Å²) in [6.45, 7) is 13.9. The van der Waals surface area contributed by atoms with Gasteiger partial charge in [-0.1, -0.05) is 55.5 Å². The average molecular weight is 379 g/mol. The Balaban J connectivity index is 2.65. The van der Waals surface area contributed by atoms with E-state index >= 15 is 0 Å². The topological polar surface area (TPSA) is 27.7 Å². The van der Waals surface area contributed by atoms with E-state index in [1.807, 2.05) is 32.9 Å². The van der Waals surface area contributed by atoms with Crippen LogP contribution in [0.1, 0.15) is 47.0 Å². The maximum Gasteiger partial charge on any atom is 0.177 e. The molecule has 0 aromatic heterocycles. The summed E-state index contributed by atoms with van der Waals surface area (Å²) >= 11 is 1.40. The second kappa shape index (κ2) is 13.2. The molecule has 1 unspecified atom stereocenters. The van der Waals surface area contributed by atoms with Crippen LogP contribution in [0.5, 0.6) is 0 Å². The first-order valence-electron chi connectivity index (χ1n) is 9.43. The van der Waals surface area contributed by atoms with Gasteiger partial charge in [0.25, 0.3) is 0 Å². The largest absolute Gasteiger partial charge is 0.347 e. The van der Waals surface area contributed by atoms with Crippen LogP contribution in [-0.2, 0) is 13.7 Å². The Labute approximate surface area is 164 Å². The molecule has 26 heavy (non-hydrogen) atoms. The van der Waals surface area contributed by atoms with Gasteiger partial charge in [-0.2, -0.15) is 0 Å². The smallest absolute Gasteiger partial charge is 0.177 e. The third-order valence-corrected chi connectivity index (χ3v) is 4.80. The van der Waals surface area contributed by atoms with Crippen LogP contribution in [0.25, 0.3) is 0 Å². The molecule has 1 saturated heterocycles. The molecule has 1 aliphatic heterocycles. The van der Waals surface area contributed by atoms with Gasteiger partial charge in [-0.05, 0) is 39.7 Å². The summed E-state index contributed by atoms with van der Waals surface area (Å²) < 4.78 is 18.0. The van der Waals surface area contributed by atoms with Crippen molar-refractivity contribution in [2.75, 3.05) is 19.8 Å². The minimum absolute atomic E-state index is 0.189. The van der Waals surface area contributed by atoms with E-state index in [-0.39, 0.29) is 5.92 Å². The molecule has 1 aliphatic rings. The molecule has 0 spiro atoms. The lowest BCUT2D eigenvalue weighted by Gasteiger charge is -2.33. The van der Waals surface area contributed by atoms with Crippen molar-refractivity contribution in [3.05, 3.63) is 59.6 Å². The Hall–Kier alpha value is -1.07. The first kappa shape index (κ1) is 23.0. The Morgan fingerprint density at radius 1 is 1.23 bits per heavy atom. The molecule has 0 radical (unpaired) electrons. The predicted molar refractivity (Wildman–Crippen MR) is 113 cm³/mol. The highest BCUT2D eigenvalue weighted by Gasteiger charge is 2.42. The summed E-state index contributed by atoms with van der Waals surface area (Å²) in [5.41, 5.74) is 1.03. The highest BCUT2D eigenvalue weighted by molar-refractivity contribution is 7.98. The molecule has 0 saturated carbocycles. The van der Waals surface area contributed by atoms with E-state index in [0.717, 1.165) is 23.3 Å². The van der Waals surface area contributed by atoms with E-state index in [1.165, 1.54) is 12.0 Å². The van der Waals surface area contributed by atoms with Crippen molar-refractivity contribution in [1.82, 2.24) is 0 Å². The van der Waals surface area contributed by atoms with Gasteiger partial charge >= 0.3 is 0 Å². The van der Waals surface area contributed by atoms with Crippen molar-refractivity contribution in [3.63, 3.8) is 0 Å². The molecule has 0 aliphatic carbocycles. The van der Waals surface area contributed by atoms with Crippen LogP contribution in [0.2, 0.25) is 0 Å². The number of ether oxygens (including phenoxy) is 2. The molecule has 0 N–H and O–H groups in total.